The van der Waals surface area contributed by atoms with E-state index in [2.05, 4.69) is 22.0 Å². The third-order valence-electron chi connectivity index (χ3n) is 3.97. The number of urea groups is 1. The van der Waals surface area contributed by atoms with Gasteiger partial charge < -0.3 is 20.7 Å². The Morgan fingerprint density at radius 3 is 2.44 bits per heavy atom. The highest BCUT2D eigenvalue weighted by Crippen LogP contribution is 2.26. The molecule has 0 spiro atoms. The molecule has 0 saturated carbocycles. The first kappa shape index (κ1) is 16.8. The molecule has 1 heterocycles. The zero-order chi connectivity index (χ0) is 17.6. The van der Waals surface area contributed by atoms with Crippen molar-refractivity contribution in [2.24, 2.45) is 5.92 Å². The fourth-order valence-electron chi connectivity index (χ4n) is 2.77. The Morgan fingerprint density at radius 1 is 1.04 bits per heavy atom. The van der Waals surface area contributed by atoms with E-state index in [1.54, 1.807) is 24.3 Å². The normalized spacial score (nSPS) is 15.5. The highest BCUT2D eigenvalue weighted by Gasteiger charge is 2.19. The Morgan fingerprint density at radius 2 is 1.72 bits per heavy atom. The van der Waals surface area contributed by atoms with Crippen LogP contribution < -0.4 is 20.7 Å². The molecule has 0 aromatic heterocycles. The van der Waals surface area contributed by atoms with Gasteiger partial charge >= 0.3 is 6.03 Å². The molecule has 25 heavy (non-hydrogen) atoms. The quantitative estimate of drug-likeness (QED) is 0.801. The molecular formula is C19H21N3O3. The average molecular weight is 339 g/mol. The van der Waals surface area contributed by atoms with Gasteiger partial charge in [-0.1, -0.05) is 18.2 Å². The second kappa shape index (κ2) is 7.70. The van der Waals surface area contributed by atoms with E-state index in [9.17, 15) is 9.59 Å². The Balaban J connectivity index is 1.46. The van der Waals surface area contributed by atoms with E-state index in [1.807, 2.05) is 18.2 Å². The maximum atomic E-state index is 12.0. The number of carbonyl (C=O) groups excluding carboxylic acids is 2. The molecule has 0 fully saturated rings. The van der Waals surface area contributed by atoms with Gasteiger partial charge in [-0.2, -0.15) is 0 Å². The monoisotopic (exact) mass is 339 g/mol. The van der Waals surface area contributed by atoms with Gasteiger partial charge in [0, 0.05) is 30.8 Å². The number of hydrogen-bond donors (Lipinski definition) is 3. The molecule has 0 radical (unpaired) electrons. The van der Waals surface area contributed by atoms with Crippen molar-refractivity contribution in [1.29, 1.82) is 0 Å². The highest BCUT2D eigenvalue weighted by molar-refractivity contribution is 5.91. The molecule has 6 heteroatoms. The minimum Gasteiger partial charge on any atom is -0.493 e. The molecule has 2 aromatic carbocycles. The molecule has 130 valence electrons. The molecule has 3 rings (SSSR count). The largest absolute Gasteiger partial charge is 0.493 e. The van der Waals surface area contributed by atoms with Gasteiger partial charge in [-0.3, -0.25) is 4.79 Å². The number of para-hydroxylation sites is 1. The summed E-state index contributed by atoms with van der Waals surface area (Å²) in [6.45, 7) is 2.60. The molecule has 0 unspecified atom stereocenters. The number of amides is 3. The van der Waals surface area contributed by atoms with Crippen molar-refractivity contribution in [3.63, 3.8) is 0 Å². The van der Waals surface area contributed by atoms with Gasteiger partial charge in [0.25, 0.3) is 0 Å². The standard InChI is InChI=1S/C19H21N3O3/c1-13(23)21-16-6-8-17(9-7-16)22-19(24)20-11-14-10-15-4-2-3-5-18(15)25-12-14/h2-9,14H,10-12H2,1H3,(H,21,23)(H2,20,22,24)/t14-/m0/s1. The van der Waals surface area contributed by atoms with Crippen LogP contribution in [0.1, 0.15) is 12.5 Å². The summed E-state index contributed by atoms with van der Waals surface area (Å²) in [5, 5.41) is 8.34. The average Bonchev–Trinajstić information content (AvgIpc) is 2.61. The number of hydrogen-bond acceptors (Lipinski definition) is 3. The van der Waals surface area contributed by atoms with Gasteiger partial charge in [0.1, 0.15) is 5.75 Å². The molecule has 0 bridgehead atoms. The van der Waals surface area contributed by atoms with Crippen LogP contribution in [0.3, 0.4) is 0 Å². The summed E-state index contributed by atoms with van der Waals surface area (Å²) < 4.78 is 5.73. The van der Waals surface area contributed by atoms with E-state index >= 15 is 0 Å². The number of ether oxygens (including phenoxy) is 1. The van der Waals surface area contributed by atoms with Crippen LogP contribution in [-0.2, 0) is 11.2 Å². The molecule has 6 nitrogen and oxygen atoms in total. The topological polar surface area (TPSA) is 79.5 Å². The minimum absolute atomic E-state index is 0.130. The number of anilines is 2. The number of rotatable bonds is 4. The third kappa shape index (κ3) is 4.73. The van der Waals surface area contributed by atoms with Crippen LogP contribution in [0.2, 0.25) is 0 Å². The number of benzene rings is 2. The summed E-state index contributed by atoms with van der Waals surface area (Å²) >= 11 is 0. The van der Waals surface area contributed by atoms with Gasteiger partial charge in [0.15, 0.2) is 0 Å². The first-order valence-corrected chi connectivity index (χ1v) is 8.23. The summed E-state index contributed by atoms with van der Waals surface area (Å²) in [6, 6.07) is 14.7. The molecule has 2 aromatic rings. The Bertz CT molecular complexity index is 759. The van der Waals surface area contributed by atoms with E-state index < -0.39 is 0 Å². The van der Waals surface area contributed by atoms with Gasteiger partial charge in [-0.25, -0.2) is 4.79 Å². The van der Waals surface area contributed by atoms with Crippen molar-refractivity contribution in [3.8, 4) is 5.75 Å². The molecule has 1 atom stereocenters. The first-order valence-electron chi connectivity index (χ1n) is 8.23. The van der Waals surface area contributed by atoms with Crippen molar-refractivity contribution in [3.05, 3.63) is 54.1 Å². The maximum absolute atomic E-state index is 12.0. The second-order valence-electron chi connectivity index (χ2n) is 6.08. The lowest BCUT2D eigenvalue weighted by Gasteiger charge is -2.25. The predicted molar refractivity (Wildman–Crippen MR) is 96.9 cm³/mol. The Kier molecular flexibility index (Phi) is 5.18. The van der Waals surface area contributed by atoms with Crippen LogP contribution in [0.4, 0.5) is 16.2 Å². The summed E-state index contributed by atoms with van der Waals surface area (Å²) in [4.78, 5) is 23.0. The van der Waals surface area contributed by atoms with E-state index in [-0.39, 0.29) is 17.9 Å². The van der Waals surface area contributed by atoms with Crippen LogP contribution in [0.5, 0.6) is 5.75 Å². The lowest BCUT2D eigenvalue weighted by molar-refractivity contribution is -0.114. The van der Waals surface area contributed by atoms with Gasteiger partial charge in [-0.05, 0) is 42.3 Å². The van der Waals surface area contributed by atoms with Crippen LogP contribution >= 0.6 is 0 Å². The molecule has 0 aliphatic carbocycles. The summed E-state index contributed by atoms with van der Waals surface area (Å²) in [7, 11) is 0. The molecule has 3 amide bonds. The smallest absolute Gasteiger partial charge is 0.319 e. The number of carbonyl (C=O) groups is 2. The predicted octanol–water partition coefficient (Wildman–Crippen LogP) is 3.02. The summed E-state index contributed by atoms with van der Waals surface area (Å²) in [5.41, 5.74) is 2.53. The van der Waals surface area contributed by atoms with Crippen molar-refractivity contribution in [2.75, 3.05) is 23.8 Å². The fraction of sp³-hybridized carbons (Fsp3) is 0.263. The van der Waals surface area contributed by atoms with Crippen molar-refractivity contribution < 1.29 is 14.3 Å². The van der Waals surface area contributed by atoms with Crippen LogP contribution in [0.15, 0.2) is 48.5 Å². The molecule has 1 aliphatic heterocycles. The van der Waals surface area contributed by atoms with Crippen molar-refractivity contribution >= 4 is 23.3 Å². The van der Waals surface area contributed by atoms with Gasteiger partial charge in [0.05, 0.1) is 6.61 Å². The fourth-order valence-corrected chi connectivity index (χ4v) is 2.77. The second-order valence-corrected chi connectivity index (χ2v) is 6.08. The number of fused-ring (bicyclic) bond motifs is 1. The Hall–Kier alpha value is -3.02. The zero-order valence-corrected chi connectivity index (χ0v) is 14.0. The van der Waals surface area contributed by atoms with Crippen LogP contribution in [-0.4, -0.2) is 25.1 Å². The van der Waals surface area contributed by atoms with Gasteiger partial charge in [0.2, 0.25) is 5.91 Å². The van der Waals surface area contributed by atoms with Crippen molar-refractivity contribution in [1.82, 2.24) is 5.32 Å². The van der Waals surface area contributed by atoms with Crippen LogP contribution in [0, 0.1) is 5.92 Å². The Labute approximate surface area is 146 Å². The van der Waals surface area contributed by atoms with Gasteiger partial charge in [-0.15, -0.1) is 0 Å². The van der Waals surface area contributed by atoms with E-state index in [0.29, 0.717) is 24.5 Å². The maximum Gasteiger partial charge on any atom is 0.319 e. The first-order chi connectivity index (χ1) is 12.1. The lowest BCUT2D eigenvalue weighted by atomic mass is 9.97. The lowest BCUT2D eigenvalue weighted by Crippen LogP contribution is -2.37. The van der Waals surface area contributed by atoms with E-state index in [1.165, 1.54) is 12.5 Å². The van der Waals surface area contributed by atoms with Crippen molar-refractivity contribution in [2.45, 2.75) is 13.3 Å². The molecular weight excluding hydrogens is 318 g/mol. The SMILES string of the molecule is CC(=O)Nc1ccc(NC(=O)NC[C@H]2COc3ccccc3C2)cc1. The third-order valence-corrected chi connectivity index (χ3v) is 3.97. The highest BCUT2D eigenvalue weighted by atomic mass is 16.5. The number of nitrogens with one attached hydrogen (secondary N) is 3. The minimum atomic E-state index is -0.258. The molecule has 0 saturated heterocycles. The van der Waals surface area contributed by atoms with E-state index in [4.69, 9.17) is 4.74 Å². The van der Waals surface area contributed by atoms with Crippen LogP contribution in [0.25, 0.3) is 0 Å². The molecule has 1 aliphatic rings. The summed E-state index contributed by atoms with van der Waals surface area (Å²) in [5.74, 6) is 1.06. The zero-order valence-electron chi connectivity index (χ0n) is 14.0. The summed E-state index contributed by atoms with van der Waals surface area (Å²) in [6.07, 6.45) is 0.891. The molecule has 3 N–H and O–H groups in total. The van der Waals surface area contributed by atoms with E-state index in [0.717, 1.165) is 12.2 Å².